The predicted molar refractivity (Wildman–Crippen MR) is 112 cm³/mol. The molecular formula is C23H32FN3O3. The first-order valence-electron chi connectivity index (χ1n) is 11.3. The minimum Gasteiger partial charge on any atom is -0.376 e. The molecule has 6 nitrogen and oxygen atoms in total. The van der Waals surface area contributed by atoms with Crippen LogP contribution in [-0.4, -0.2) is 73.1 Å². The second kappa shape index (κ2) is 9.88. The van der Waals surface area contributed by atoms with Crippen LogP contribution in [0.3, 0.4) is 0 Å². The van der Waals surface area contributed by atoms with Crippen LogP contribution >= 0.6 is 0 Å². The number of nitrogens with zero attached hydrogens (tertiary/aromatic N) is 2. The van der Waals surface area contributed by atoms with Gasteiger partial charge in [0.25, 0.3) is 5.91 Å². The SMILES string of the molecule is O=C(NC[C@@H]1CCCO1)[C@@H](C1CCCC1)N1CCN(C(=O)c2ccccc2F)CC1. The van der Waals surface area contributed by atoms with Crippen molar-refractivity contribution in [3.8, 4) is 0 Å². The van der Waals surface area contributed by atoms with Crippen LogP contribution in [0, 0.1) is 11.7 Å². The van der Waals surface area contributed by atoms with Crippen molar-refractivity contribution >= 4 is 11.8 Å². The lowest BCUT2D eigenvalue weighted by Gasteiger charge is -2.41. The summed E-state index contributed by atoms with van der Waals surface area (Å²) in [6.45, 7) is 3.65. The Morgan fingerprint density at radius 1 is 1.07 bits per heavy atom. The molecule has 2 amide bonds. The van der Waals surface area contributed by atoms with E-state index in [2.05, 4.69) is 10.2 Å². The van der Waals surface area contributed by atoms with Gasteiger partial charge >= 0.3 is 0 Å². The van der Waals surface area contributed by atoms with Crippen molar-refractivity contribution in [2.75, 3.05) is 39.3 Å². The number of halogens is 1. The Kier molecular flexibility index (Phi) is 7.00. The quantitative estimate of drug-likeness (QED) is 0.772. The van der Waals surface area contributed by atoms with Gasteiger partial charge in [0.15, 0.2) is 0 Å². The third-order valence-corrected chi connectivity index (χ3v) is 6.74. The smallest absolute Gasteiger partial charge is 0.256 e. The summed E-state index contributed by atoms with van der Waals surface area (Å²) < 4.78 is 19.6. The summed E-state index contributed by atoms with van der Waals surface area (Å²) in [4.78, 5) is 29.8. The Hall–Kier alpha value is -1.99. The van der Waals surface area contributed by atoms with E-state index in [4.69, 9.17) is 4.74 Å². The first-order chi connectivity index (χ1) is 14.6. The van der Waals surface area contributed by atoms with Gasteiger partial charge in [-0.1, -0.05) is 25.0 Å². The molecular weight excluding hydrogens is 385 g/mol. The van der Waals surface area contributed by atoms with Gasteiger partial charge in [-0.05, 0) is 43.7 Å². The zero-order chi connectivity index (χ0) is 20.9. The van der Waals surface area contributed by atoms with Crippen LogP contribution in [-0.2, 0) is 9.53 Å². The molecule has 1 aromatic rings. The molecule has 2 atom stereocenters. The molecule has 0 radical (unpaired) electrons. The number of ether oxygens (including phenoxy) is 1. The van der Waals surface area contributed by atoms with E-state index in [1.54, 1.807) is 17.0 Å². The van der Waals surface area contributed by atoms with Crippen molar-refractivity contribution in [1.82, 2.24) is 15.1 Å². The highest BCUT2D eigenvalue weighted by atomic mass is 19.1. The monoisotopic (exact) mass is 417 g/mol. The van der Waals surface area contributed by atoms with Gasteiger partial charge in [-0.15, -0.1) is 0 Å². The molecule has 1 N–H and O–H groups in total. The van der Waals surface area contributed by atoms with Gasteiger partial charge in [-0.3, -0.25) is 14.5 Å². The van der Waals surface area contributed by atoms with Gasteiger partial charge in [0.2, 0.25) is 5.91 Å². The summed E-state index contributed by atoms with van der Waals surface area (Å²) in [6, 6.07) is 5.97. The Bertz CT molecular complexity index is 739. The Balaban J connectivity index is 1.37. The van der Waals surface area contributed by atoms with Gasteiger partial charge < -0.3 is 15.0 Å². The molecule has 30 heavy (non-hydrogen) atoms. The molecule has 3 aliphatic rings. The number of carbonyl (C=O) groups is 2. The molecule has 3 fully saturated rings. The maximum atomic E-state index is 14.0. The Morgan fingerprint density at radius 3 is 2.47 bits per heavy atom. The number of carbonyl (C=O) groups excluding carboxylic acids is 2. The van der Waals surface area contributed by atoms with Crippen LogP contribution in [0.4, 0.5) is 4.39 Å². The fraction of sp³-hybridized carbons (Fsp3) is 0.652. The predicted octanol–water partition coefficient (Wildman–Crippen LogP) is 2.44. The van der Waals surface area contributed by atoms with E-state index in [1.807, 2.05) is 0 Å². The highest BCUT2D eigenvalue weighted by Crippen LogP contribution is 2.31. The van der Waals surface area contributed by atoms with E-state index < -0.39 is 5.82 Å². The van der Waals surface area contributed by atoms with Crippen molar-refractivity contribution in [2.45, 2.75) is 50.7 Å². The van der Waals surface area contributed by atoms with Crippen LogP contribution < -0.4 is 5.32 Å². The van der Waals surface area contributed by atoms with Crippen molar-refractivity contribution in [3.63, 3.8) is 0 Å². The standard InChI is InChI=1S/C23H32FN3O3/c24-20-10-4-3-9-19(20)23(29)27-13-11-26(12-14-27)21(17-6-1-2-7-17)22(28)25-16-18-8-5-15-30-18/h3-4,9-10,17-18,21H,1-2,5-8,11-16H2,(H,25,28)/t18-,21+/m0/s1. The zero-order valence-corrected chi connectivity index (χ0v) is 17.5. The van der Waals surface area contributed by atoms with Crippen LogP contribution in [0.1, 0.15) is 48.9 Å². The summed E-state index contributed by atoms with van der Waals surface area (Å²) in [7, 11) is 0. The molecule has 7 heteroatoms. The summed E-state index contributed by atoms with van der Waals surface area (Å²) in [5.74, 6) is -0.301. The Morgan fingerprint density at radius 2 is 1.80 bits per heavy atom. The molecule has 2 aliphatic heterocycles. The summed E-state index contributed by atoms with van der Waals surface area (Å²) in [5, 5.41) is 3.13. The normalized spacial score (nSPS) is 24.2. The second-order valence-electron chi connectivity index (χ2n) is 8.68. The number of rotatable bonds is 6. The van der Waals surface area contributed by atoms with Gasteiger partial charge in [0.05, 0.1) is 17.7 Å². The molecule has 1 aliphatic carbocycles. The van der Waals surface area contributed by atoms with Gasteiger partial charge in [-0.2, -0.15) is 0 Å². The van der Waals surface area contributed by atoms with E-state index in [9.17, 15) is 14.0 Å². The van der Waals surface area contributed by atoms with Gasteiger partial charge in [-0.25, -0.2) is 4.39 Å². The zero-order valence-electron chi connectivity index (χ0n) is 17.5. The van der Waals surface area contributed by atoms with E-state index in [1.165, 1.54) is 25.0 Å². The summed E-state index contributed by atoms with van der Waals surface area (Å²) in [6.07, 6.45) is 6.69. The van der Waals surface area contributed by atoms with Crippen molar-refractivity contribution < 1.29 is 18.7 Å². The van der Waals surface area contributed by atoms with Gasteiger partial charge in [0, 0.05) is 39.3 Å². The fourth-order valence-corrected chi connectivity index (χ4v) is 5.08. The number of hydrogen-bond acceptors (Lipinski definition) is 4. The number of piperazine rings is 1. The number of amides is 2. The van der Waals surface area contributed by atoms with Crippen LogP contribution in [0.5, 0.6) is 0 Å². The first kappa shape index (κ1) is 21.2. The van der Waals surface area contributed by atoms with Crippen LogP contribution in [0.15, 0.2) is 24.3 Å². The van der Waals surface area contributed by atoms with E-state index in [0.29, 0.717) is 38.6 Å². The molecule has 2 saturated heterocycles. The average molecular weight is 418 g/mol. The first-order valence-corrected chi connectivity index (χ1v) is 11.3. The molecule has 164 valence electrons. The summed E-state index contributed by atoms with van der Waals surface area (Å²) in [5.41, 5.74) is 0.118. The van der Waals surface area contributed by atoms with Crippen molar-refractivity contribution in [3.05, 3.63) is 35.6 Å². The fourth-order valence-electron chi connectivity index (χ4n) is 5.08. The third kappa shape index (κ3) is 4.83. The lowest BCUT2D eigenvalue weighted by molar-refractivity contribution is -0.129. The highest BCUT2D eigenvalue weighted by Gasteiger charge is 2.37. The summed E-state index contributed by atoms with van der Waals surface area (Å²) >= 11 is 0. The maximum absolute atomic E-state index is 14.0. The molecule has 0 unspecified atom stereocenters. The molecule has 2 heterocycles. The average Bonchev–Trinajstić information content (AvgIpc) is 3.47. The lowest BCUT2D eigenvalue weighted by atomic mass is 9.94. The molecule has 0 spiro atoms. The lowest BCUT2D eigenvalue weighted by Crippen LogP contribution is -2.58. The van der Waals surface area contributed by atoms with E-state index in [-0.39, 0.29) is 29.5 Å². The largest absolute Gasteiger partial charge is 0.376 e. The molecule has 1 aromatic carbocycles. The molecule has 0 aromatic heterocycles. The number of hydrogen-bond donors (Lipinski definition) is 1. The third-order valence-electron chi connectivity index (χ3n) is 6.74. The van der Waals surface area contributed by atoms with E-state index in [0.717, 1.165) is 32.3 Å². The molecule has 4 rings (SSSR count). The van der Waals surface area contributed by atoms with Crippen LogP contribution in [0.25, 0.3) is 0 Å². The second-order valence-corrected chi connectivity index (χ2v) is 8.68. The number of benzene rings is 1. The van der Waals surface area contributed by atoms with E-state index >= 15 is 0 Å². The maximum Gasteiger partial charge on any atom is 0.256 e. The molecule has 1 saturated carbocycles. The highest BCUT2D eigenvalue weighted by molar-refractivity contribution is 5.94. The number of nitrogens with one attached hydrogen (secondary N) is 1. The van der Waals surface area contributed by atoms with Crippen molar-refractivity contribution in [2.24, 2.45) is 5.92 Å². The Labute approximate surface area is 177 Å². The van der Waals surface area contributed by atoms with Gasteiger partial charge in [0.1, 0.15) is 5.82 Å². The molecule has 0 bridgehead atoms. The topological polar surface area (TPSA) is 61.9 Å². The van der Waals surface area contributed by atoms with Crippen molar-refractivity contribution in [1.29, 1.82) is 0 Å². The minimum atomic E-state index is -0.484. The minimum absolute atomic E-state index is 0.0891. The van der Waals surface area contributed by atoms with Crippen LogP contribution in [0.2, 0.25) is 0 Å².